The highest BCUT2D eigenvalue weighted by Crippen LogP contribution is 2.26. The number of anilines is 2. The van der Waals surface area contributed by atoms with E-state index in [0.717, 1.165) is 0 Å². The lowest BCUT2D eigenvalue weighted by molar-refractivity contribution is 0.102. The number of hydrogen-bond donors (Lipinski definition) is 2. The first-order valence-electron chi connectivity index (χ1n) is 6.17. The summed E-state index contributed by atoms with van der Waals surface area (Å²) in [5.74, 6) is -1.28. The Balaban J connectivity index is 2.26. The van der Waals surface area contributed by atoms with Gasteiger partial charge in [-0.1, -0.05) is 23.2 Å². The van der Waals surface area contributed by atoms with Crippen LogP contribution in [0.5, 0.6) is 0 Å². The number of benzene rings is 1. The van der Waals surface area contributed by atoms with Crippen molar-refractivity contribution in [3.05, 3.63) is 51.9 Å². The molecule has 2 rings (SSSR count). The van der Waals surface area contributed by atoms with Gasteiger partial charge in [0.25, 0.3) is 5.91 Å². The van der Waals surface area contributed by atoms with Crippen molar-refractivity contribution in [2.75, 3.05) is 17.2 Å². The van der Waals surface area contributed by atoms with Crippen LogP contribution in [0, 0.1) is 5.82 Å². The highest BCUT2D eigenvalue weighted by Gasteiger charge is 2.16. The van der Waals surface area contributed by atoms with Gasteiger partial charge in [-0.05, 0) is 31.2 Å². The topological polar surface area (TPSA) is 54.0 Å². The van der Waals surface area contributed by atoms with Crippen LogP contribution in [0.2, 0.25) is 10.0 Å². The van der Waals surface area contributed by atoms with Gasteiger partial charge < -0.3 is 10.6 Å². The first-order valence-corrected chi connectivity index (χ1v) is 6.93. The van der Waals surface area contributed by atoms with Gasteiger partial charge in [0, 0.05) is 17.8 Å². The number of nitrogens with one attached hydrogen (secondary N) is 2. The molecule has 0 atom stereocenters. The van der Waals surface area contributed by atoms with Crippen molar-refractivity contribution in [3.8, 4) is 0 Å². The van der Waals surface area contributed by atoms with Gasteiger partial charge in [-0.2, -0.15) is 0 Å². The molecule has 0 spiro atoms. The maximum Gasteiger partial charge on any atom is 0.258 e. The van der Waals surface area contributed by atoms with Gasteiger partial charge in [0.15, 0.2) is 11.6 Å². The number of pyridine rings is 1. The molecule has 0 saturated carbocycles. The van der Waals surface area contributed by atoms with E-state index in [2.05, 4.69) is 15.6 Å². The number of nitrogens with zero attached hydrogens (tertiary/aromatic N) is 1. The molecule has 0 bridgehead atoms. The van der Waals surface area contributed by atoms with E-state index in [1.807, 2.05) is 0 Å². The molecule has 1 amide bonds. The molecule has 4 nitrogen and oxygen atoms in total. The Morgan fingerprint density at radius 2 is 2.10 bits per heavy atom. The second-order valence-electron chi connectivity index (χ2n) is 4.13. The number of aromatic nitrogens is 1. The van der Waals surface area contributed by atoms with Gasteiger partial charge in [-0.3, -0.25) is 4.79 Å². The highest BCUT2D eigenvalue weighted by atomic mass is 35.5. The van der Waals surface area contributed by atoms with Crippen molar-refractivity contribution in [2.24, 2.45) is 0 Å². The van der Waals surface area contributed by atoms with E-state index in [-0.39, 0.29) is 16.4 Å². The summed E-state index contributed by atoms with van der Waals surface area (Å²) in [6.07, 6.45) is 1.36. The van der Waals surface area contributed by atoms with Crippen molar-refractivity contribution in [3.63, 3.8) is 0 Å². The predicted octanol–water partition coefficient (Wildman–Crippen LogP) is 4.21. The zero-order chi connectivity index (χ0) is 15.4. The average molecular weight is 328 g/mol. The van der Waals surface area contributed by atoms with Crippen LogP contribution in [0.1, 0.15) is 17.3 Å². The minimum atomic E-state index is -0.707. The summed E-state index contributed by atoms with van der Waals surface area (Å²) in [6, 6.07) is 5.92. The van der Waals surface area contributed by atoms with Gasteiger partial charge >= 0.3 is 0 Å². The van der Waals surface area contributed by atoms with Crippen LogP contribution in [0.4, 0.5) is 15.9 Å². The number of halogens is 3. The van der Waals surface area contributed by atoms with E-state index in [0.29, 0.717) is 17.3 Å². The first kappa shape index (κ1) is 15.5. The predicted molar refractivity (Wildman–Crippen MR) is 82.8 cm³/mol. The van der Waals surface area contributed by atoms with Crippen LogP contribution in [-0.4, -0.2) is 17.4 Å². The Morgan fingerprint density at radius 1 is 1.33 bits per heavy atom. The molecule has 110 valence electrons. The number of carbonyl (C=O) groups excluding carboxylic acids is 1. The SMILES string of the molecule is CCNc1nccc(C(=O)Nc2ccc(Cl)cc2Cl)c1F. The summed E-state index contributed by atoms with van der Waals surface area (Å²) in [5.41, 5.74) is 0.235. The second kappa shape index (κ2) is 6.74. The van der Waals surface area contributed by atoms with Gasteiger partial charge in [0.1, 0.15) is 0 Å². The fourth-order valence-corrected chi connectivity index (χ4v) is 2.15. The maximum absolute atomic E-state index is 14.1. The number of hydrogen-bond acceptors (Lipinski definition) is 3. The van der Waals surface area contributed by atoms with E-state index >= 15 is 0 Å². The van der Waals surface area contributed by atoms with E-state index < -0.39 is 11.7 Å². The lowest BCUT2D eigenvalue weighted by Crippen LogP contribution is -2.16. The molecule has 0 radical (unpaired) electrons. The van der Waals surface area contributed by atoms with E-state index in [4.69, 9.17) is 23.2 Å². The summed E-state index contributed by atoms with van der Waals surface area (Å²) in [4.78, 5) is 16.0. The molecule has 21 heavy (non-hydrogen) atoms. The summed E-state index contributed by atoms with van der Waals surface area (Å²) < 4.78 is 14.1. The minimum absolute atomic E-state index is 0.0346. The molecule has 2 aromatic rings. The third kappa shape index (κ3) is 3.62. The molecule has 0 aliphatic rings. The minimum Gasteiger partial charge on any atom is -0.368 e. The first-order chi connectivity index (χ1) is 10.0. The van der Waals surface area contributed by atoms with Gasteiger partial charge in [-0.25, -0.2) is 9.37 Å². The molecule has 0 fully saturated rings. The van der Waals surface area contributed by atoms with Crippen LogP contribution in [0.15, 0.2) is 30.5 Å². The standard InChI is InChI=1S/C14H12Cl2FN3O/c1-2-18-13-12(17)9(5-6-19-13)14(21)20-11-4-3-8(15)7-10(11)16/h3-7H,2H2,1H3,(H,18,19)(H,20,21). The third-order valence-electron chi connectivity index (χ3n) is 2.66. The van der Waals surface area contributed by atoms with Crippen molar-refractivity contribution in [1.82, 2.24) is 4.98 Å². The van der Waals surface area contributed by atoms with Crippen molar-refractivity contribution in [1.29, 1.82) is 0 Å². The summed E-state index contributed by atoms with van der Waals surface area (Å²) >= 11 is 11.7. The molecule has 0 aliphatic heterocycles. The second-order valence-corrected chi connectivity index (χ2v) is 4.97. The largest absolute Gasteiger partial charge is 0.368 e. The summed E-state index contributed by atoms with van der Waals surface area (Å²) in [6.45, 7) is 2.30. The molecule has 0 saturated heterocycles. The lowest BCUT2D eigenvalue weighted by atomic mass is 10.2. The third-order valence-corrected chi connectivity index (χ3v) is 3.21. The number of carbonyl (C=O) groups is 1. The monoisotopic (exact) mass is 327 g/mol. The van der Waals surface area contributed by atoms with Crippen LogP contribution in [0.25, 0.3) is 0 Å². The fraction of sp³-hybridized carbons (Fsp3) is 0.143. The highest BCUT2D eigenvalue weighted by molar-refractivity contribution is 6.36. The molecular formula is C14H12Cl2FN3O. The fourth-order valence-electron chi connectivity index (χ4n) is 1.69. The van der Waals surface area contributed by atoms with Crippen LogP contribution in [0.3, 0.4) is 0 Å². The smallest absolute Gasteiger partial charge is 0.258 e. The summed E-state index contributed by atoms with van der Waals surface area (Å²) in [7, 11) is 0. The Labute approximate surface area is 131 Å². The number of amides is 1. The quantitative estimate of drug-likeness (QED) is 0.884. The Hall–Kier alpha value is -1.85. The zero-order valence-corrected chi connectivity index (χ0v) is 12.6. The Morgan fingerprint density at radius 3 is 2.76 bits per heavy atom. The van der Waals surface area contributed by atoms with Gasteiger partial charge in [0.05, 0.1) is 16.3 Å². The van der Waals surface area contributed by atoms with Crippen LogP contribution < -0.4 is 10.6 Å². The van der Waals surface area contributed by atoms with Crippen LogP contribution in [-0.2, 0) is 0 Å². The molecule has 0 unspecified atom stereocenters. The van der Waals surface area contributed by atoms with Gasteiger partial charge in [0.2, 0.25) is 0 Å². The lowest BCUT2D eigenvalue weighted by Gasteiger charge is -2.10. The molecular weight excluding hydrogens is 316 g/mol. The molecule has 7 heteroatoms. The molecule has 1 aromatic carbocycles. The molecule has 1 aromatic heterocycles. The maximum atomic E-state index is 14.1. The van der Waals surface area contributed by atoms with E-state index in [9.17, 15) is 9.18 Å². The number of rotatable bonds is 4. The Bertz CT molecular complexity index is 679. The zero-order valence-electron chi connectivity index (χ0n) is 11.1. The normalized spacial score (nSPS) is 10.3. The average Bonchev–Trinajstić information content (AvgIpc) is 2.44. The summed E-state index contributed by atoms with van der Waals surface area (Å²) in [5, 5.41) is 6.00. The molecule has 1 heterocycles. The van der Waals surface area contributed by atoms with Crippen molar-refractivity contribution in [2.45, 2.75) is 6.92 Å². The molecule has 2 N–H and O–H groups in total. The Kier molecular flexibility index (Phi) is 4.98. The van der Waals surface area contributed by atoms with E-state index in [1.165, 1.54) is 18.3 Å². The van der Waals surface area contributed by atoms with Crippen molar-refractivity contribution >= 4 is 40.6 Å². The van der Waals surface area contributed by atoms with Crippen LogP contribution >= 0.6 is 23.2 Å². The molecule has 0 aliphatic carbocycles. The van der Waals surface area contributed by atoms with Crippen molar-refractivity contribution < 1.29 is 9.18 Å². The van der Waals surface area contributed by atoms with Gasteiger partial charge in [-0.15, -0.1) is 0 Å². The van der Waals surface area contributed by atoms with E-state index in [1.54, 1.807) is 19.1 Å².